The highest BCUT2D eigenvalue weighted by Gasteiger charge is 2.42. The van der Waals surface area contributed by atoms with E-state index in [1.807, 2.05) is 42.5 Å². The first kappa shape index (κ1) is 44.7. The van der Waals surface area contributed by atoms with Crippen LogP contribution in [0.1, 0.15) is 45.6 Å². The zero-order valence-electron chi connectivity index (χ0n) is 32.7. The van der Waals surface area contributed by atoms with E-state index in [0.717, 1.165) is 58.6 Å². The third-order valence-electron chi connectivity index (χ3n) is 11.4. The minimum absolute atomic E-state index is 0.0450. The molecule has 3 heterocycles. The number of hydrogen-bond donors (Lipinski definition) is 1. The number of benzene rings is 4. The molecule has 2 aliphatic heterocycles. The van der Waals surface area contributed by atoms with Crippen molar-refractivity contribution >= 4 is 144 Å². The maximum atomic E-state index is 14.0. The number of aromatic nitrogens is 1. The molecule has 0 aliphatic carbocycles. The lowest BCUT2D eigenvalue weighted by Crippen LogP contribution is -2.76. The van der Waals surface area contributed by atoms with E-state index in [1.54, 1.807) is 26.4 Å². The van der Waals surface area contributed by atoms with Crippen molar-refractivity contribution in [2.24, 2.45) is 0 Å². The summed E-state index contributed by atoms with van der Waals surface area (Å²) < 4.78 is 31.7. The highest BCUT2D eigenvalue weighted by atomic mass is 35.5. The topological polar surface area (TPSA) is 46.7 Å². The van der Waals surface area contributed by atoms with Gasteiger partial charge in [-0.2, -0.15) is 0 Å². The number of ether oxygens (including phenoxy) is 3. The second-order valence-corrected chi connectivity index (χ2v) is 15.4. The highest BCUT2D eigenvalue weighted by Crippen LogP contribution is 2.50. The van der Waals surface area contributed by atoms with Gasteiger partial charge in [-0.1, -0.05) is 35.9 Å². The Kier molecular flexibility index (Phi) is 15.1. The summed E-state index contributed by atoms with van der Waals surface area (Å²) in [6, 6.07) is 25.1. The predicted molar refractivity (Wildman–Crippen MR) is 257 cm³/mol. The fourth-order valence-corrected chi connectivity index (χ4v) is 8.65. The molecule has 4 aromatic carbocycles. The van der Waals surface area contributed by atoms with Crippen molar-refractivity contribution in [1.29, 1.82) is 0 Å². The van der Waals surface area contributed by atoms with Gasteiger partial charge in [0, 0.05) is 156 Å². The number of methoxy groups -OCH3 is 2. The molecule has 1 N–H and O–H groups in total. The molecule has 5 aromatic rings. The Morgan fingerprint density at radius 2 is 1.48 bits per heavy atom. The molecule has 2 atom stereocenters. The average molecular weight is 753 g/mol. The number of halogens is 2. The summed E-state index contributed by atoms with van der Waals surface area (Å²) in [5.41, 5.74) is 8.09. The van der Waals surface area contributed by atoms with Gasteiger partial charge in [0.05, 0.1) is 20.3 Å². The second-order valence-electron chi connectivity index (χ2n) is 14.9. The molecule has 24 heteroatoms. The molecular formula is C34H30B17ClFN2O3. The molecule has 0 bridgehead atoms. The van der Waals surface area contributed by atoms with E-state index in [9.17, 15) is 4.39 Å². The Labute approximate surface area is 363 Å². The smallest absolute Gasteiger partial charge is 0.162 e. The number of aromatic amines is 1. The first-order valence-electron chi connectivity index (χ1n) is 19.1. The van der Waals surface area contributed by atoms with Crippen LogP contribution in [0.4, 0.5) is 4.39 Å². The monoisotopic (exact) mass is 755 g/mol. The van der Waals surface area contributed by atoms with Gasteiger partial charge in [0.2, 0.25) is 0 Å². The summed E-state index contributed by atoms with van der Waals surface area (Å²) in [6.45, 7) is 1.28. The number of H-pyrrole nitrogens is 1. The molecule has 58 heavy (non-hydrogen) atoms. The van der Waals surface area contributed by atoms with Crippen LogP contribution in [0.3, 0.4) is 0 Å². The molecule has 0 fully saturated rings. The van der Waals surface area contributed by atoms with Crippen LogP contribution in [-0.2, 0) is 19.4 Å². The molecule has 19 radical (unpaired) electrons. The Morgan fingerprint density at radius 3 is 2.07 bits per heavy atom. The van der Waals surface area contributed by atoms with Crippen LogP contribution in [0.25, 0.3) is 10.9 Å². The lowest BCUT2D eigenvalue weighted by Gasteiger charge is -2.46. The summed E-state index contributed by atoms with van der Waals surface area (Å²) in [5.74, 6) is 2.04. The van der Waals surface area contributed by atoms with Gasteiger partial charge < -0.3 is 19.2 Å². The van der Waals surface area contributed by atoms with Gasteiger partial charge in [-0.25, -0.2) is 4.39 Å². The largest absolute Gasteiger partial charge is 0.497 e. The third-order valence-corrected chi connectivity index (χ3v) is 11.6. The van der Waals surface area contributed by atoms with Crippen molar-refractivity contribution < 1.29 is 18.6 Å². The minimum atomic E-state index is -0.796. The molecule has 2 unspecified atom stereocenters. The van der Waals surface area contributed by atoms with Gasteiger partial charge >= 0.3 is 0 Å². The number of fused-ring (bicyclic) bond motifs is 6. The maximum absolute atomic E-state index is 14.0. The number of hydrogen-bond acceptors (Lipinski definition) is 4. The summed E-state index contributed by atoms with van der Waals surface area (Å²) in [4.78, 5) is 6.26. The van der Waals surface area contributed by atoms with Gasteiger partial charge in [-0.3, -0.25) is 4.90 Å². The van der Waals surface area contributed by atoms with Gasteiger partial charge in [0.1, 0.15) is 18.2 Å². The Hall–Kier alpha value is -2.90. The summed E-state index contributed by atoms with van der Waals surface area (Å²) >= 11 is 6.07. The van der Waals surface area contributed by atoms with Crippen LogP contribution < -0.4 is 14.2 Å². The number of rotatable bonds is 13. The van der Waals surface area contributed by atoms with Crippen molar-refractivity contribution in [3.63, 3.8) is 0 Å². The van der Waals surface area contributed by atoms with E-state index < -0.39 is 44.7 Å². The lowest BCUT2D eigenvalue weighted by atomic mass is 8.43. The molecule has 7 rings (SSSR count). The van der Waals surface area contributed by atoms with Crippen LogP contribution in [0.2, 0.25) is 5.02 Å². The molecule has 1 aromatic heterocycles. The highest BCUT2D eigenvalue weighted by molar-refractivity contribution is 8.15. The van der Waals surface area contributed by atoms with Gasteiger partial charge in [0.15, 0.2) is 11.5 Å². The van der Waals surface area contributed by atoms with Gasteiger partial charge in [0.25, 0.3) is 0 Å². The number of nitrogens with zero attached hydrogens (tertiary/aromatic N) is 1. The van der Waals surface area contributed by atoms with E-state index in [0.29, 0.717) is 17.4 Å². The van der Waals surface area contributed by atoms with Gasteiger partial charge in [-0.05, 0) is 95.3 Å². The quantitative estimate of drug-likeness (QED) is 0.185. The molecule has 0 saturated heterocycles. The summed E-state index contributed by atoms with van der Waals surface area (Å²) in [5, 5.41) is 1.86. The Bertz CT molecular complexity index is 2140. The van der Waals surface area contributed by atoms with E-state index in [-0.39, 0.29) is 17.9 Å². The zero-order chi connectivity index (χ0) is 41.8. The molecule has 0 spiro atoms. The van der Waals surface area contributed by atoms with Crippen LogP contribution in [0.15, 0.2) is 78.9 Å². The van der Waals surface area contributed by atoms with Crippen molar-refractivity contribution in [3.05, 3.63) is 123 Å². The predicted octanol–water partition coefficient (Wildman–Crippen LogP) is 1.33. The fourth-order valence-electron chi connectivity index (χ4n) is 8.52. The molecular weight excluding hydrogens is 723 g/mol. The molecule has 0 saturated carbocycles. The maximum Gasteiger partial charge on any atom is 0.162 e. The van der Waals surface area contributed by atoms with Crippen molar-refractivity contribution in [1.82, 2.24) is 9.88 Å². The van der Waals surface area contributed by atoms with Gasteiger partial charge in [-0.15, -0.1) is 0 Å². The molecule has 0 amide bonds. The van der Waals surface area contributed by atoms with Crippen molar-refractivity contribution in [2.75, 3.05) is 20.8 Å². The van der Waals surface area contributed by atoms with E-state index in [1.165, 1.54) is 23.8 Å². The number of nitrogens with one attached hydrogen (secondary N) is 1. The van der Waals surface area contributed by atoms with Crippen molar-refractivity contribution in [2.45, 2.75) is 31.5 Å². The minimum Gasteiger partial charge on any atom is -0.497 e. The Morgan fingerprint density at radius 1 is 0.810 bits per heavy atom. The zero-order valence-corrected chi connectivity index (χ0v) is 33.5. The molecule has 2 aliphatic rings. The van der Waals surface area contributed by atoms with Crippen LogP contribution in [0.5, 0.6) is 17.2 Å². The molecule has 259 valence electrons. The lowest BCUT2D eigenvalue weighted by molar-refractivity contribution is 0.127. The van der Waals surface area contributed by atoms with E-state index in [4.69, 9.17) is 95.4 Å². The second kappa shape index (κ2) is 19.7. The first-order chi connectivity index (χ1) is 27.8. The first-order valence-corrected chi connectivity index (χ1v) is 19.5. The van der Waals surface area contributed by atoms with Crippen LogP contribution in [0, 0.1) is 5.82 Å². The van der Waals surface area contributed by atoms with Crippen LogP contribution in [-0.4, -0.2) is 152 Å². The standard InChI is InChI=1S/C34H30ClFN2O3.B17/c1-39-25-11-12-29-27(16-25)28-17-30-26-18-32(41-19-20-3-7-23(35)8-4-20)31(40-2)15-22(26)13-14-38(30)34(33(28)37-29)21-5-9-24(36)10-6-21;1-10-15(11(2)3)17(14(8)9)16(12(4)5)13(6)7/h3-12,15-16,18,30,34,37H,13-14,17,19H2,1-2H3;. The summed E-state index contributed by atoms with van der Waals surface area (Å²) in [6.07, 6.45) is -2.95. The molecule has 5 nitrogen and oxygen atoms in total. The SMILES string of the molecule is COc1ccc2[nH]c3c(c2c1)CC1c2cc(OCc4ccc(Cl)cc4)c(OC)cc2CCN1C3c1ccc(F)cc1.[B][B]B(B([B])[B])B(B([B])[B])B(B([B])[B])B([B])[B]. The van der Waals surface area contributed by atoms with E-state index >= 15 is 0 Å². The van der Waals surface area contributed by atoms with Crippen LogP contribution >= 0.6 is 11.6 Å². The van der Waals surface area contributed by atoms with Crippen molar-refractivity contribution in [3.8, 4) is 17.2 Å². The average Bonchev–Trinajstić information content (AvgIpc) is 3.56. The fraction of sp³-hybridized carbons (Fsp3) is 0.235. The normalized spacial score (nSPS) is 15.3. The summed E-state index contributed by atoms with van der Waals surface area (Å²) in [7, 11) is 55.4. The Balaban J connectivity index is 0.000000284. The van der Waals surface area contributed by atoms with E-state index in [2.05, 4.69) is 34.1 Å². The third kappa shape index (κ3) is 9.67.